The topological polar surface area (TPSA) is 9.23 Å². The Bertz CT molecular complexity index is 641. The highest BCUT2D eigenvalue weighted by Crippen LogP contribution is 2.32. The lowest BCUT2D eigenvalue weighted by atomic mass is 10.1. The van der Waals surface area contributed by atoms with Crippen molar-refractivity contribution < 1.29 is 22.3 Å². The minimum Gasteiger partial charge on any atom is -0.403 e. The largest absolute Gasteiger partial charge is 0.573 e. The van der Waals surface area contributed by atoms with E-state index in [2.05, 4.69) is 4.74 Å². The van der Waals surface area contributed by atoms with Gasteiger partial charge in [-0.15, -0.1) is 13.2 Å². The summed E-state index contributed by atoms with van der Waals surface area (Å²) in [4.78, 5) is 0. The van der Waals surface area contributed by atoms with Crippen LogP contribution in [-0.2, 0) is 0 Å². The van der Waals surface area contributed by atoms with Crippen LogP contribution in [0.1, 0.15) is 0 Å². The van der Waals surface area contributed by atoms with E-state index in [9.17, 15) is 17.6 Å². The lowest BCUT2D eigenvalue weighted by Gasteiger charge is -2.11. The smallest absolute Gasteiger partial charge is 0.403 e. The van der Waals surface area contributed by atoms with Gasteiger partial charge in [0.05, 0.1) is 10.0 Å². The molecule has 0 aliphatic rings. The van der Waals surface area contributed by atoms with Crippen molar-refractivity contribution in [3.63, 3.8) is 0 Å². The van der Waals surface area contributed by atoms with E-state index in [4.69, 9.17) is 23.2 Å². The molecule has 0 unspecified atom stereocenters. The van der Waals surface area contributed by atoms with Crippen LogP contribution in [0.15, 0.2) is 36.4 Å². The second kappa shape index (κ2) is 5.50. The highest BCUT2D eigenvalue weighted by molar-refractivity contribution is 6.42. The monoisotopic (exact) mass is 324 g/mol. The molecular weight excluding hydrogens is 319 g/mol. The first-order valence-electron chi connectivity index (χ1n) is 5.27. The maximum absolute atomic E-state index is 13.6. The normalized spacial score (nSPS) is 11.5. The Kier molecular flexibility index (Phi) is 4.11. The van der Waals surface area contributed by atoms with Crippen LogP contribution in [0.2, 0.25) is 10.0 Å². The van der Waals surface area contributed by atoms with Gasteiger partial charge in [-0.1, -0.05) is 35.3 Å². The molecular formula is C13H6Cl2F4O. The third-order valence-electron chi connectivity index (χ3n) is 2.41. The first-order chi connectivity index (χ1) is 9.26. The molecule has 0 bridgehead atoms. The summed E-state index contributed by atoms with van der Waals surface area (Å²) < 4.78 is 53.2. The summed E-state index contributed by atoms with van der Waals surface area (Å²) in [5.74, 6) is -2.01. The second-order valence-corrected chi connectivity index (χ2v) is 4.64. The average Bonchev–Trinajstić information content (AvgIpc) is 2.34. The van der Waals surface area contributed by atoms with Gasteiger partial charge in [-0.2, -0.15) is 0 Å². The lowest BCUT2D eigenvalue weighted by molar-refractivity contribution is -0.275. The van der Waals surface area contributed by atoms with Crippen molar-refractivity contribution in [2.75, 3.05) is 0 Å². The molecule has 0 atom stereocenters. The zero-order valence-corrected chi connectivity index (χ0v) is 11.2. The third-order valence-corrected chi connectivity index (χ3v) is 3.15. The fourth-order valence-electron chi connectivity index (χ4n) is 1.56. The minimum absolute atomic E-state index is 0.264. The molecule has 0 aromatic heterocycles. The molecule has 0 amide bonds. The summed E-state index contributed by atoms with van der Waals surface area (Å²) in [5.41, 5.74) is 0.882. The molecule has 0 aliphatic carbocycles. The Labute approximate surface area is 121 Å². The lowest BCUT2D eigenvalue weighted by Crippen LogP contribution is -2.17. The molecule has 0 radical (unpaired) electrons. The van der Waals surface area contributed by atoms with Gasteiger partial charge >= 0.3 is 6.36 Å². The van der Waals surface area contributed by atoms with E-state index in [0.717, 1.165) is 12.1 Å². The van der Waals surface area contributed by atoms with Crippen molar-refractivity contribution in [3.8, 4) is 16.9 Å². The molecule has 0 spiro atoms. The molecule has 0 N–H and O–H groups in total. The summed E-state index contributed by atoms with van der Waals surface area (Å²) in [6.45, 7) is 0. The second-order valence-electron chi connectivity index (χ2n) is 3.82. The maximum atomic E-state index is 13.6. The SMILES string of the molecule is Fc1cc(-c2ccc(Cl)c(Cl)c2)ccc1OC(F)(F)F. The number of rotatable bonds is 2. The summed E-state index contributed by atoms with van der Waals surface area (Å²) in [6.07, 6.45) is -4.94. The molecule has 106 valence electrons. The summed E-state index contributed by atoms with van der Waals surface area (Å²) in [6, 6.07) is 7.71. The quantitative estimate of drug-likeness (QED) is 0.644. The van der Waals surface area contributed by atoms with Gasteiger partial charge in [-0.3, -0.25) is 0 Å². The summed E-state index contributed by atoms with van der Waals surface area (Å²) in [7, 11) is 0. The van der Waals surface area contributed by atoms with Crippen molar-refractivity contribution in [1.82, 2.24) is 0 Å². The van der Waals surface area contributed by atoms with E-state index in [1.807, 2.05) is 0 Å². The fourth-order valence-corrected chi connectivity index (χ4v) is 1.86. The Morgan fingerprint density at radius 1 is 0.850 bits per heavy atom. The van der Waals surface area contributed by atoms with Crippen molar-refractivity contribution in [2.24, 2.45) is 0 Å². The van der Waals surface area contributed by atoms with Gasteiger partial charge in [-0.05, 0) is 35.4 Å². The molecule has 0 aliphatic heterocycles. The van der Waals surface area contributed by atoms with Crippen LogP contribution in [-0.4, -0.2) is 6.36 Å². The van der Waals surface area contributed by atoms with Crippen LogP contribution < -0.4 is 4.74 Å². The molecule has 20 heavy (non-hydrogen) atoms. The fraction of sp³-hybridized carbons (Fsp3) is 0.0769. The van der Waals surface area contributed by atoms with E-state index in [-0.39, 0.29) is 5.02 Å². The molecule has 2 aromatic carbocycles. The van der Waals surface area contributed by atoms with Crippen molar-refractivity contribution in [1.29, 1.82) is 0 Å². The molecule has 0 saturated carbocycles. The molecule has 2 rings (SSSR count). The zero-order valence-electron chi connectivity index (χ0n) is 9.64. The maximum Gasteiger partial charge on any atom is 0.573 e. The number of hydrogen-bond donors (Lipinski definition) is 0. The number of halogens is 6. The zero-order chi connectivity index (χ0) is 14.9. The van der Waals surface area contributed by atoms with Crippen LogP contribution in [0.5, 0.6) is 5.75 Å². The van der Waals surface area contributed by atoms with E-state index >= 15 is 0 Å². The van der Waals surface area contributed by atoms with Crippen molar-refractivity contribution in [3.05, 3.63) is 52.3 Å². The third kappa shape index (κ3) is 3.55. The summed E-state index contributed by atoms with van der Waals surface area (Å²) >= 11 is 11.6. The molecule has 0 saturated heterocycles. The van der Waals surface area contributed by atoms with Gasteiger partial charge in [0.2, 0.25) is 0 Å². The molecule has 0 heterocycles. The van der Waals surface area contributed by atoms with Crippen LogP contribution in [0.25, 0.3) is 11.1 Å². The Morgan fingerprint density at radius 2 is 1.45 bits per heavy atom. The van der Waals surface area contributed by atoms with Gasteiger partial charge in [-0.25, -0.2) is 4.39 Å². The van der Waals surface area contributed by atoms with Gasteiger partial charge in [0.1, 0.15) is 0 Å². The molecule has 0 fully saturated rings. The van der Waals surface area contributed by atoms with Gasteiger partial charge in [0.15, 0.2) is 11.6 Å². The number of ether oxygens (including phenoxy) is 1. The standard InChI is InChI=1S/C13H6Cl2F4O/c14-9-3-1-7(5-10(9)15)8-2-4-12(11(16)6-8)20-13(17,18)19/h1-6H. The molecule has 2 aromatic rings. The summed E-state index contributed by atoms with van der Waals surface area (Å²) in [5, 5.41) is 0.591. The van der Waals surface area contributed by atoms with Crippen molar-refractivity contribution in [2.45, 2.75) is 6.36 Å². The Morgan fingerprint density at radius 3 is 2.00 bits per heavy atom. The predicted octanol–water partition coefficient (Wildman–Crippen LogP) is 5.70. The molecule has 1 nitrogen and oxygen atoms in total. The Hall–Kier alpha value is -1.46. The van der Waals surface area contributed by atoms with E-state index in [1.54, 1.807) is 6.07 Å². The number of benzene rings is 2. The average molecular weight is 325 g/mol. The number of alkyl halides is 3. The van der Waals surface area contributed by atoms with Gasteiger partial charge in [0.25, 0.3) is 0 Å². The first kappa shape index (κ1) is 14.9. The van der Waals surface area contributed by atoms with Crippen LogP contribution in [0, 0.1) is 5.82 Å². The van der Waals surface area contributed by atoms with Crippen LogP contribution >= 0.6 is 23.2 Å². The van der Waals surface area contributed by atoms with E-state index in [0.29, 0.717) is 16.1 Å². The highest BCUT2D eigenvalue weighted by Gasteiger charge is 2.32. The van der Waals surface area contributed by atoms with Gasteiger partial charge in [0, 0.05) is 0 Å². The minimum atomic E-state index is -4.94. The van der Waals surface area contributed by atoms with E-state index in [1.165, 1.54) is 18.2 Å². The Balaban J connectivity index is 2.35. The number of hydrogen-bond acceptors (Lipinski definition) is 1. The highest BCUT2D eigenvalue weighted by atomic mass is 35.5. The van der Waals surface area contributed by atoms with Crippen LogP contribution in [0.3, 0.4) is 0 Å². The van der Waals surface area contributed by atoms with Gasteiger partial charge < -0.3 is 4.74 Å². The first-order valence-corrected chi connectivity index (χ1v) is 6.02. The predicted molar refractivity (Wildman–Crippen MR) is 68.5 cm³/mol. The molecule has 7 heteroatoms. The van der Waals surface area contributed by atoms with Crippen molar-refractivity contribution >= 4 is 23.2 Å². The van der Waals surface area contributed by atoms with E-state index < -0.39 is 17.9 Å². The van der Waals surface area contributed by atoms with Crippen LogP contribution in [0.4, 0.5) is 17.6 Å².